The molecule has 1 N–H and O–H groups in total. The summed E-state index contributed by atoms with van der Waals surface area (Å²) in [5.74, 6) is 0.388. The van der Waals surface area contributed by atoms with Crippen molar-refractivity contribution in [3.63, 3.8) is 0 Å². The van der Waals surface area contributed by atoms with Gasteiger partial charge in [-0.05, 0) is 30.7 Å². The molecule has 1 saturated heterocycles. The highest BCUT2D eigenvalue weighted by molar-refractivity contribution is 7.12. The van der Waals surface area contributed by atoms with Crippen LogP contribution in [0.5, 0.6) is 0 Å². The molecule has 0 radical (unpaired) electrons. The fourth-order valence-corrected chi connectivity index (χ4v) is 3.78. The number of hydrogen-bond donors (Lipinski definition) is 1. The number of aryl methyl sites for hydroxylation is 1. The Balaban J connectivity index is 1.72. The molecular formula is C17H21N3O4S. The lowest BCUT2D eigenvalue weighted by atomic mass is 10.1. The molecule has 1 aliphatic rings. The van der Waals surface area contributed by atoms with Crippen LogP contribution in [0.25, 0.3) is 0 Å². The molecular weight excluding hydrogens is 342 g/mol. The molecule has 8 heteroatoms. The molecule has 25 heavy (non-hydrogen) atoms. The van der Waals surface area contributed by atoms with Crippen molar-refractivity contribution in [2.45, 2.75) is 38.6 Å². The van der Waals surface area contributed by atoms with Crippen molar-refractivity contribution in [2.24, 2.45) is 0 Å². The van der Waals surface area contributed by atoms with Gasteiger partial charge in [0.1, 0.15) is 16.3 Å². The number of anilines is 1. The number of amides is 2. The van der Waals surface area contributed by atoms with Gasteiger partial charge in [0.25, 0.3) is 0 Å². The molecule has 3 heterocycles. The highest BCUT2D eigenvalue weighted by atomic mass is 32.1. The number of ether oxygens (including phenoxy) is 1. The first kappa shape index (κ1) is 17.5. The van der Waals surface area contributed by atoms with E-state index in [0.717, 1.165) is 37.1 Å². The molecule has 1 aliphatic heterocycles. The predicted molar refractivity (Wildman–Crippen MR) is 93.9 cm³/mol. The number of hydrogen-bond acceptors (Lipinski definition) is 6. The number of nitrogens with zero attached hydrogens (tertiary/aromatic N) is 2. The Labute approximate surface area is 149 Å². The minimum Gasteiger partial charge on any atom is -0.465 e. The monoisotopic (exact) mass is 363 g/mol. The fourth-order valence-electron chi connectivity index (χ4n) is 3.01. The molecule has 0 aliphatic carbocycles. The van der Waals surface area contributed by atoms with Crippen molar-refractivity contribution in [3.05, 3.63) is 33.8 Å². The molecule has 0 spiro atoms. The number of nitrogens with one attached hydrogen (secondary N) is 1. The van der Waals surface area contributed by atoms with E-state index in [2.05, 4.69) is 17.4 Å². The molecule has 0 saturated carbocycles. The van der Waals surface area contributed by atoms with Crippen LogP contribution in [0.15, 0.2) is 22.0 Å². The number of likely N-dealkylation sites (tertiary alicyclic amines) is 1. The number of carbonyl (C=O) groups excluding carboxylic acids is 2. The second-order valence-electron chi connectivity index (χ2n) is 5.90. The van der Waals surface area contributed by atoms with Crippen LogP contribution in [0.1, 0.15) is 53.4 Å². The standard InChI is InChI=1S/C17H21N3O4S/c1-3-5-11-10-13(19-24-11)14-6-4-8-20(14)17(22)18-12-7-9-25-15(12)16(21)23-2/h7,9-10,14H,3-6,8H2,1-2H3,(H,18,22)/t14-/m1/s1. The summed E-state index contributed by atoms with van der Waals surface area (Å²) in [5, 5.41) is 8.70. The van der Waals surface area contributed by atoms with Crippen LogP contribution in [0.2, 0.25) is 0 Å². The summed E-state index contributed by atoms with van der Waals surface area (Å²) in [5.41, 5.74) is 1.26. The predicted octanol–water partition coefficient (Wildman–Crippen LogP) is 3.84. The second kappa shape index (κ2) is 7.69. The first-order valence-electron chi connectivity index (χ1n) is 8.33. The number of urea groups is 1. The van der Waals surface area contributed by atoms with Crippen molar-refractivity contribution in [1.29, 1.82) is 0 Å². The van der Waals surface area contributed by atoms with Crippen molar-refractivity contribution in [3.8, 4) is 0 Å². The molecule has 0 bridgehead atoms. The van der Waals surface area contributed by atoms with Gasteiger partial charge in [0.2, 0.25) is 0 Å². The maximum Gasteiger partial charge on any atom is 0.350 e. The van der Waals surface area contributed by atoms with Crippen LogP contribution in [0, 0.1) is 0 Å². The summed E-state index contributed by atoms with van der Waals surface area (Å²) in [6.07, 6.45) is 3.57. The Kier molecular flexibility index (Phi) is 5.37. The van der Waals surface area contributed by atoms with Crippen LogP contribution >= 0.6 is 11.3 Å². The van der Waals surface area contributed by atoms with Crippen LogP contribution in [-0.2, 0) is 11.2 Å². The van der Waals surface area contributed by atoms with Crippen LogP contribution in [0.4, 0.5) is 10.5 Å². The van der Waals surface area contributed by atoms with E-state index in [0.29, 0.717) is 17.1 Å². The number of thiophene rings is 1. The molecule has 134 valence electrons. The van der Waals surface area contributed by atoms with Crippen molar-refractivity contribution < 1.29 is 18.8 Å². The van der Waals surface area contributed by atoms with Crippen LogP contribution in [0.3, 0.4) is 0 Å². The number of aromatic nitrogens is 1. The minimum atomic E-state index is -0.455. The lowest BCUT2D eigenvalue weighted by molar-refractivity contribution is 0.0607. The van der Waals surface area contributed by atoms with Crippen LogP contribution in [-0.4, -0.2) is 35.7 Å². The van der Waals surface area contributed by atoms with Crippen molar-refractivity contribution in [2.75, 3.05) is 19.0 Å². The van der Waals surface area contributed by atoms with E-state index in [1.165, 1.54) is 18.4 Å². The van der Waals surface area contributed by atoms with E-state index >= 15 is 0 Å². The molecule has 2 amide bonds. The summed E-state index contributed by atoms with van der Waals surface area (Å²) < 4.78 is 10.1. The third kappa shape index (κ3) is 3.68. The SMILES string of the molecule is CCCc1cc([C@H]2CCCN2C(=O)Nc2ccsc2C(=O)OC)no1. The summed E-state index contributed by atoms with van der Waals surface area (Å²) >= 11 is 1.24. The highest BCUT2D eigenvalue weighted by Gasteiger charge is 2.33. The quantitative estimate of drug-likeness (QED) is 0.816. The second-order valence-corrected chi connectivity index (χ2v) is 6.82. The minimum absolute atomic E-state index is 0.102. The zero-order chi connectivity index (χ0) is 17.8. The van der Waals surface area contributed by atoms with Gasteiger partial charge < -0.3 is 19.5 Å². The average Bonchev–Trinajstić information content (AvgIpc) is 3.34. The largest absolute Gasteiger partial charge is 0.465 e. The van der Waals surface area contributed by atoms with Crippen molar-refractivity contribution >= 4 is 29.0 Å². The summed E-state index contributed by atoms with van der Waals surface area (Å²) in [6.45, 7) is 2.72. The van der Waals surface area contributed by atoms with Gasteiger partial charge in [0.15, 0.2) is 0 Å². The molecule has 1 atom stereocenters. The Morgan fingerprint density at radius 2 is 2.36 bits per heavy atom. The summed E-state index contributed by atoms with van der Waals surface area (Å²) in [7, 11) is 1.32. The van der Waals surface area contributed by atoms with E-state index in [-0.39, 0.29) is 12.1 Å². The lowest BCUT2D eigenvalue weighted by Gasteiger charge is -2.23. The molecule has 0 unspecified atom stereocenters. The molecule has 7 nitrogen and oxygen atoms in total. The Morgan fingerprint density at radius 3 is 3.12 bits per heavy atom. The maximum atomic E-state index is 12.7. The maximum absolute atomic E-state index is 12.7. The first-order chi connectivity index (χ1) is 12.1. The summed E-state index contributed by atoms with van der Waals surface area (Å²) in [4.78, 5) is 26.6. The molecule has 2 aromatic heterocycles. The molecule has 2 aromatic rings. The highest BCUT2D eigenvalue weighted by Crippen LogP contribution is 2.33. The number of esters is 1. The molecule has 0 aromatic carbocycles. The van der Waals surface area contributed by atoms with Gasteiger partial charge in [-0.15, -0.1) is 11.3 Å². The Morgan fingerprint density at radius 1 is 1.52 bits per heavy atom. The van der Waals surface area contributed by atoms with Gasteiger partial charge in [0, 0.05) is 19.0 Å². The van der Waals surface area contributed by atoms with Gasteiger partial charge >= 0.3 is 12.0 Å². The van der Waals surface area contributed by atoms with Gasteiger partial charge in [-0.2, -0.15) is 0 Å². The molecule has 1 fully saturated rings. The third-order valence-electron chi connectivity index (χ3n) is 4.21. The first-order valence-corrected chi connectivity index (χ1v) is 9.21. The van der Waals surface area contributed by atoms with E-state index < -0.39 is 5.97 Å². The Hall–Kier alpha value is -2.35. The summed E-state index contributed by atoms with van der Waals surface area (Å²) in [6, 6.07) is 3.29. The van der Waals surface area contributed by atoms with E-state index in [1.807, 2.05) is 6.07 Å². The number of rotatable bonds is 5. The molecule has 3 rings (SSSR count). The normalized spacial score (nSPS) is 16.9. The van der Waals surface area contributed by atoms with Crippen LogP contribution < -0.4 is 5.32 Å². The van der Waals surface area contributed by atoms with E-state index in [4.69, 9.17) is 9.26 Å². The number of carbonyl (C=O) groups is 2. The van der Waals surface area contributed by atoms with E-state index in [9.17, 15) is 9.59 Å². The topological polar surface area (TPSA) is 84.7 Å². The average molecular weight is 363 g/mol. The van der Waals surface area contributed by atoms with Gasteiger partial charge in [0.05, 0.1) is 18.8 Å². The zero-order valence-corrected chi connectivity index (χ0v) is 15.1. The van der Waals surface area contributed by atoms with Gasteiger partial charge in [-0.1, -0.05) is 12.1 Å². The van der Waals surface area contributed by atoms with Gasteiger partial charge in [-0.25, -0.2) is 9.59 Å². The fraction of sp³-hybridized carbons (Fsp3) is 0.471. The zero-order valence-electron chi connectivity index (χ0n) is 14.3. The smallest absolute Gasteiger partial charge is 0.350 e. The van der Waals surface area contributed by atoms with E-state index in [1.54, 1.807) is 16.3 Å². The Bertz CT molecular complexity index is 755. The number of methoxy groups -OCH3 is 1. The third-order valence-corrected chi connectivity index (χ3v) is 5.10. The van der Waals surface area contributed by atoms with Gasteiger partial charge in [-0.3, -0.25) is 0 Å². The van der Waals surface area contributed by atoms with Crippen molar-refractivity contribution in [1.82, 2.24) is 10.1 Å². The lowest BCUT2D eigenvalue weighted by Crippen LogP contribution is -2.34.